The van der Waals surface area contributed by atoms with Gasteiger partial charge >= 0.3 is 0 Å². The van der Waals surface area contributed by atoms with E-state index in [1.165, 1.54) is 18.4 Å². The molecule has 136 valence electrons. The molecule has 1 amide bonds. The predicted molar refractivity (Wildman–Crippen MR) is 96.2 cm³/mol. The lowest BCUT2D eigenvalue weighted by molar-refractivity contribution is -0.126. The number of carbonyl (C=O) groups is 1. The van der Waals surface area contributed by atoms with Gasteiger partial charge in [0, 0.05) is 25.2 Å². The Hall–Kier alpha value is -1.39. The quantitative estimate of drug-likeness (QED) is 0.864. The van der Waals surface area contributed by atoms with E-state index in [1.54, 1.807) is 0 Å². The molecule has 1 aliphatic heterocycles. The molecule has 3 fully saturated rings. The Bertz CT molecular complexity index is 617. The fourth-order valence-corrected chi connectivity index (χ4v) is 5.32. The lowest BCUT2D eigenvalue weighted by Gasteiger charge is -2.36. The summed E-state index contributed by atoms with van der Waals surface area (Å²) in [4.78, 5) is 13.4. The normalized spacial score (nSPS) is 29.5. The predicted octanol–water partition coefficient (Wildman–Crippen LogP) is 2.79. The van der Waals surface area contributed by atoms with Crippen molar-refractivity contribution in [3.8, 4) is 0 Å². The fourth-order valence-electron chi connectivity index (χ4n) is 5.32. The molecule has 1 unspecified atom stereocenters. The molecule has 3 aliphatic rings. The Kier molecular flexibility index (Phi) is 4.37. The van der Waals surface area contributed by atoms with Gasteiger partial charge in [0.05, 0.1) is 12.0 Å². The van der Waals surface area contributed by atoms with Gasteiger partial charge in [0.25, 0.3) is 0 Å². The molecule has 1 spiro atoms. The van der Waals surface area contributed by atoms with Gasteiger partial charge in [-0.2, -0.15) is 0 Å². The van der Waals surface area contributed by atoms with E-state index in [2.05, 4.69) is 17.4 Å². The van der Waals surface area contributed by atoms with Crippen LogP contribution in [0.15, 0.2) is 30.3 Å². The monoisotopic (exact) mass is 343 g/mol. The van der Waals surface area contributed by atoms with E-state index < -0.39 is 0 Å². The number of benzene rings is 1. The summed E-state index contributed by atoms with van der Waals surface area (Å²) in [6.45, 7) is 2.00. The van der Waals surface area contributed by atoms with Crippen LogP contribution < -0.4 is 5.32 Å². The number of aliphatic hydroxyl groups is 1. The Morgan fingerprint density at radius 1 is 1.08 bits per heavy atom. The van der Waals surface area contributed by atoms with Crippen LogP contribution in [0.3, 0.4) is 0 Å². The number of ether oxygens (including phenoxy) is 1. The van der Waals surface area contributed by atoms with E-state index in [1.807, 2.05) is 18.2 Å². The Labute approximate surface area is 150 Å². The summed E-state index contributed by atoms with van der Waals surface area (Å²) in [5.41, 5.74) is 0.760. The molecular weight excluding hydrogens is 314 g/mol. The second-order valence-electron chi connectivity index (χ2n) is 8.39. The highest BCUT2D eigenvalue weighted by Crippen LogP contribution is 2.72. The van der Waals surface area contributed by atoms with Gasteiger partial charge in [-0.15, -0.1) is 0 Å². The second kappa shape index (κ2) is 6.40. The Morgan fingerprint density at radius 2 is 1.76 bits per heavy atom. The van der Waals surface area contributed by atoms with Gasteiger partial charge in [-0.3, -0.25) is 4.79 Å². The van der Waals surface area contributed by atoms with Gasteiger partial charge in [-0.05, 0) is 43.1 Å². The van der Waals surface area contributed by atoms with Crippen molar-refractivity contribution in [3.63, 3.8) is 0 Å². The van der Waals surface area contributed by atoms with Crippen LogP contribution in [-0.2, 0) is 14.9 Å². The molecule has 1 atom stereocenters. The summed E-state index contributed by atoms with van der Waals surface area (Å²) in [5, 5.41) is 13.1. The minimum absolute atomic E-state index is 0.111. The number of aliphatic hydroxyl groups excluding tert-OH is 1. The van der Waals surface area contributed by atoms with E-state index in [-0.39, 0.29) is 28.8 Å². The van der Waals surface area contributed by atoms with Crippen molar-refractivity contribution in [2.75, 3.05) is 26.4 Å². The first-order valence-electron chi connectivity index (χ1n) is 9.69. The number of carbonyl (C=O) groups excluding carboxylic acids is 1. The van der Waals surface area contributed by atoms with Gasteiger partial charge in [0.2, 0.25) is 5.91 Å². The lowest BCUT2D eigenvalue weighted by Crippen LogP contribution is -2.47. The van der Waals surface area contributed by atoms with Crippen molar-refractivity contribution in [2.24, 2.45) is 10.8 Å². The molecule has 2 saturated carbocycles. The minimum Gasteiger partial charge on any atom is -0.396 e. The summed E-state index contributed by atoms with van der Waals surface area (Å²) in [6, 6.07) is 10.3. The number of amides is 1. The molecule has 1 aromatic rings. The molecule has 0 radical (unpaired) electrons. The van der Waals surface area contributed by atoms with Crippen LogP contribution in [0.2, 0.25) is 0 Å². The van der Waals surface area contributed by atoms with Crippen LogP contribution in [0.4, 0.5) is 0 Å². The van der Waals surface area contributed by atoms with Gasteiger partial charge in [-0.25, -0.2) is 0 Å². The molecule has 2 N–H and O–H groups in total. The molecular formula is C21H29NO3. The van der Waals surface area contributed by atoms with Crippen molar-refractivity contribution >= 4 is 5.91 Å². The zero-order valence-electron chi connectivity index (χ0n) is 14.9. The molecule has 0 bridgehead atoms. The molecule has 1 saturated heterocycles. The first-order chi connectivity index (χ1) is 12.2. The number of hydrogen-bond donors (Lipinski definition) is 2. The molecule has 0 aromatic heterocycles. The molecule has 4 nitrogen and oxygen atoms in total. The Balaban J connectivity index is 1.54. The zero-order valence-corrected chi connectivity index (χ0v) is 14.9. The zero-order chi connectivity index (χ0) is 17.4. The van der Waals surface area contributed by atoms with Crippen LogP contribution in [0.5, 0.6) is 0 Å². The average molecular weight is 343 g/mol. The van der Waals surface area contributed by atoms with Gasteiger partial charge in [0.15, 0.2) is 0 Å². The van der Waals surface area contributed by atoms with Crippen LogP contribution in [-0.4, -0.2) is 37.4 Å². The van der Waals surface area contributed by atoms with Crippen LogP contribution in [0.25, 0.3) is 0 Å². The SMILES string of the molecule is O=C(NCC1(CO)CCOCC1)C1(c2ccccc2)CC12CCCC2. The first-order valence-corrected chi connectivity index (χ1v) is 9.69. The summed E-state index contributed by atoms with van der Waals surface area (Å²) in [7, 11) is 0. The average Bonchev–Trinajstić information content (AvgIpc) is 3.08. The first kappa shape index (κ1) is 17.0. The van der Waals surface area contributed by atoms with E-state index in [0.717, 1.165) is 32.1 Å². The molecule has 4 rings (SSSR count). The molecule has 25 heavy (non-hydrogen) atoms. The maximum absolute atomic E-state index is 13.4. The van der Waals surface area contributed by atoms with Crippen molar-refractivity contribution < 1.29 is 14.6 Å². The number of hydrogen-bond acceptors (Lipinski definition) is 3. The third-order valence-corrected chi connectivity index (χ3v) is 7.11. The lowest BCUT2D eigenvalue weighted by atomic mass is 9.80. The van der Waals surface area contributed by atoms with E-state index >= 15 is 0 Å². The fraction of sp³-hybridized carbons (Fsp3) is 0.667. The van der Waals surface area contributed by atoms with Crippen molar-refractivity contribution in [1.82, 2.24) is 5.32 Å². The maximum Gasteiger partial charge on any atom is 0.231 e. The molecule has 1 aromatic carbocycles. The highest BCUT2D eigenvalue weighted by atomic mass is 16.5. The summed E-state index contributed by atoms with van der Waals surface area (Å²) in [5.74, 6) is 0.167. The van der Waals surface area contributed by atoms with Gasteiger partial charge in [-0.1, -0.05) is 43.2 Å². The minimum atomic E-state index is -0.355. The smallest absolute Gasteiger partial charge is 0.231 e. The van der Waals surface area contributed by atoms with Crippen molar-refractivity contribution in [2.45, 2.75) is 50.4 Å². The summed E-state index contributed by atoms with van der Waals surface area (Å²) in [6.07, 6.45) is 7.40. The van der Waals surface area contributed by atoms with Crippen molar-refractivity contribution in [3.05, 3.63) is 35.9 Å². The van der Waals surface area contributed by atoms with Gasteiger partial charge < -0.3 is 15.2 Å². The molecule has 2 aliphatic carbocycles. The standard InChI is InChI=1S/C21H29NO3/c23-16-19(10-12-25-13-11-19)15-22-18(24)21(17-6-2-1-3-7-17)14-20(21)8-4-5-9-20/h1-3,6-7,23H,4-5,8-16H2,(H,22,24). The summed E-state index contributed by atoms with van der Waals surface area (Å²) >= 11 is 0. The summed E-state index contributed by atoms with van der Waals surface area (Å²) < 4.78 is 5.43. The third-order valence-electron chi connectivity index (χ3n) is 7.11. The van der Waals surface area contributed by atoms with Crippen molar-refractivity contribution in [1.29, 1.82) is 0 Å². The van der Waals surface area contributed by atoms with E-state index in [4.69, 9.17) is 4.74 Å². The largest absolute Gasteiger partial charge is 0.396 e. The Morgan fingerprint density at radius 3 is 2.40 bits per heavy atom. The van der Waals surface area contributed by atoms with E-state index in [9.17, 15) is 9.90 Å². The van der Waals surface area contributed by atoms with Gasteiger partial charge in [0.1, 0.15) is 0 Å². The highest BCUT2D eigenvalue weighted by Gasteiger charge is 2.72. The highest BCUT2D eigenvalue weighted by molar-refractivity contribution is 5.93. The third kappa shape index (κ3) is 2.70. The van der Waals surface area contributed by atoms with E-state index in [0.29, 0.717) is 19.8 Å². The molecule has 4 heteroatoms. The second-order valence-corrected chi connectivity index (χ2v) is 8.39. The van der Waals surface area contributed by atoms with Crippen LogP contribution in [0, 0.1) is 10.8 Å². The molecule has 1 heterocycles. The number of rotatable bonds is 5. The topological polar surface area (TPSA) is 58.6 Å². The number of nitrogens with one attached hydrogen (secondary N) is 1. The van der Waals surface area contributed by atoms with Crippen LogP contribution in [0.1, 0.15) is 50.5 Å². The van der Waals surface area contributed by atoms with Crippen LogP contribution >= 0.6 is 0 Å². The maximum atomic E-state index is 13.4.